The van der Waals surface area contributed by atoms with Crippen molar-refractivity contribution >= 4 is 29.1 Å². The minimum absolute atomic E-state index is 0.0412. The molecular weight excluding hydrogens is 378 g/mol. The van der Waals surface area contributed by atoms with Gasteiger partial charge in [0.15, 0.2) is 0 Å². The molecule has 0 unspecified atom stereocenters. The number of nitrogens with one attached hydrogen (secondary N) is 2. The number of hydrogen-bond donors (Lipinski definition) is 2. The van der Waals surface area contributed by atoms with Crippen LogP contribution >= 0.6 is 11.6 Å². The fourth-order valence-electron chi connectivity index (χ4n) is 3.31. The van der Waals surface area contributed by atoms with E-state index in [0.717, 1.165) is 18.7 Å². The zero-order valence-electron chi connectivity index (χ0n) is 15.6. The molecule has 1 fully saturated rings. The molecular formula is C20H20ClN5O2. The number of carbonyl (C=O) groups is 2. The Kier molecular flexibility index (Phi) is 5.81. The Morgan fingerprint density at radius 2 is 2.07 bits per heavy atom. The fourth-order valence-corrected chi connectivity index (χ4v) is 3.53. The van der Waals surface area contributed by atoms with Gasteiger partial charge in [0, 0.05) is 31.5 Å². The fraction of sp³-hybridized carbons (Fsp3) is 0.300. The quantitative estimate of drug-likeness (QED) is 0.825. The van der Waals surface area contributed by atoms with Crippen LogP contribution in [-0.2, 0) is 0 Å². The molecule has 2 aromatic rings. The number of benzene rings is 1. The molecule has 2 atom stereocenters. The number of anilines is 1. The lowest BCUT2D eigenvalue weighted by atomic mass is 10.1. The van der Waals surface area contributed by atoms with Gasteiger partial charge >= 0.3 is 0 Å². The Bertz CT molecular complexity index is 939. The highest BCUT2D eigenvalue weighted by Crippen LogP contribution is 2.29. The van der Waals surface area contributed by atoms with Gasteiger partial charge in [-0.15, -0.1) is 0 Å². The van der Waals surface area contributed by atoms with E-state index in [-0.39, 0.29) is 29.6 Å². The number of nitriles is 1. The first-order valence-corrected chi connectivity index (χ1v) is 9.27. The smallest absolute Gasteiger partial charge is 0.269 e. The van der Waals surface area contributed by atoms with Gasteiger partial charge in [-0.25, -0.2) is 0 Å². The Morgan fingerprint density at radius 3 is 2.68 bits per heavy atom. The van der Waals surface area contributed by atoms with Crippen LogP contribution in [0.3, 0.4) is 0 Å². The average Bonchev–Trinajstić information content (AvgIpc) is 3.07. The topological polar surface area (TPSA) is 98.1 Å². The number of aromatic nitrogens is 1. The average molecular weight is 398 g/mol. The standard InChI is InChI=1S/C20H20ClN5O2/c1-12-17(7-8-26(12)15-5-3-13(10-22)16(21)9-15)25-19(27)14-4-6-18(24-11-14)20(28)23-2/h3-6,9,11-12,17H,7-8H2,1-2H3,(H,23,28)(H,25,27)/t12-,17-/m0/s1. The lowest BCUT2D eigenvalue weighted by Crippen LogP contribution is -2.43. The molecule has 1 aliphatic heterocycles. The van der Waals surface area contributed by atoms with Gasteiger partial charge in [0.1, 0.15) is 11.8 Å². The van der Waals surface area contributed by atoms with Crippen LogP contribution in [-0.4, -0.2) is 42.5 Å². The molecule has 2 heterocycles. The lowest BCUT2D eigenvalue weighted by Gasteiger charge is -2.27. The SMILES string of the molecule is CNC(=O)c1ccc(C(=O)N[C@H]2CCN(c3ccc(C#N)c(Cl)c3)[C@H]2C)cn1. The maximum Gasteiger partial charge on any atom is 0.269 e. The van der Waals surface area contributed by atoms with Crippen LogP contribution in [0.15, 0.2) is 36.5 Å². The van der Waals surface area contributed by atoms with Crippen LogP contribution < -0.4 is 15.5 Å². The maximum atomic E-state index is 12.6. The van der Waals surface area contributed by atoms with Gasteiger partial charge in [0.2, 0.25) is 0 Å². The van der Waals surface area contributed by atoms with Crippen molar-refractivity contribution in [1.82, 2.24) is 15.6 Å². The highest BCUT2D eigenvalue weighted by molar-refractivity contribution is 6.32. The number of amides is 2. The second kappa shape index (κ2) is 8.28. The first-order valence-electron chi connectivity index (χ1n) is 8.90. The van der Waals surface area contributed by atoms with E-state index in [0.29, 0.717) is 16.1 Å². The molecule has 0 spiro atoms. The van der Waals surface area contributed by atoms with Gasteiger partial charge in [-0.05, 0) is 43.7 Å². The van der Waals surface area contributed by atoms with Gasteiger partial charge < -0.3 is 15.5 Å². The van der Waals surface area contributed by atoms with E-state index in [9.17, 15) is 9.59 Å². The van der Waals surface area contributed by atoms with Crippen molar-refractivity contribution in [3.63, 3.8) is 0 Å². The van der Waals surface area contributed by atoms with Crippen LogP contribution in [0, 0.1) is 11.3 Å². The predicted octanol–water partition coefficient (Wildman–Crippen LogP) is 2.36. The number of carbonyl (C=O) groups excluding carboxylic acids is 2. The molecule has 1 aliphatic rings. The van der Waals surface area contributed by atoms with E-state index in [1.165, 1.54) is 19.3 Å². The Morgan fingerprint density at radius 1 is 1.29 bits per heavy atom. The number of pyridine rings is 1. The van der Waals surface area contributed by atoms with Gasteiger partial charge in [-0.1, -0.05) is 11.6 Å². The number of rotatable bonds is 4. The molecule has 2 amide bonds. The van der Waals surface area contributed by atoms with Crippen molar-refractivity contribution in [2.24, 2.45) is 0 Å². The first kappa shape index (κ1) is 19.6. The van der Waals surface area contributed by atoms with Crippen LogP contribution in [0.25, 0.3) is 0 Å². The molecule has 3 rings (SSSR count). The van der Waals surface area contributed by atoms with Gasteiger partial charge in [-0.3, -0.25) is 14.6 Å². The Hall–Kier alpha value is -3.11. The molecule has 2 N–H and O–H groups in total. The summed E-state index contributed by atoms with van der Waals surface area (Å²) in [5.41, 5.74) is 2.02. The van der Waals surface area contributed by atoms with Crippen LogP contribution in [0.1, 0.15) is 39.8 Å². The van der Waals surface area contributed by atoms with E-state index in [4.69, 9.17) is 16.9 Å². The Labute approximate surface area is 168 Å². The number of hydrogen-bond acceptors (Lipinski definition) is 5. The van der Waals surface area contributed by atoms with Crippen molar-refractivity contribution < 1.29 is 9.59 Å². The third-order valence-corrected chi connectivity index (χ3v) is 5.27. The van der Waals surface area contributed by atoms with Gasteiger partial charge in [0.25, 0.3) is 11.8 Å². The molecule has 0 aliphatic carbocycles. The molecule has 0 bridgehead atoms. The van der Waals surface area contributed by atoms with Crippen molar-refractivity contribution in [3.8, 4) is 6.07 Å². The van der Waals surface area contributed by atoms with Crippen molar-refractivity contribution in [3.05, 3.63) is 58.4 Å². The summed E-state index contributed by atoms with van der Waals surface area (Å²) in [6.07, 6.45) is 2.19. The third-order valence-electron chi connectivity index (χ3n) is 4.96. The highest BCUT2D eigenvalue weighted by Gasteiger charge is 2.32. The molecule has 7 nitrogen and oxygen atoms in total. The van der Waals surface area contributed by atoms with Crippen molar-refractivity contribution in [2.45, 2.75) is 25.4 Å². The molecule has 0 saturated carbocycles. The van der Waals surface area contributed by atoms with E-state index in [1.54, 1.807) is 18.2 Å². The van der Waals surface area contributed by atoms with Crippen LogP contribution in [0.5, 0.6) is 0 Å². The summed E-state index contributed by atoms with van der Waals surface area (Å²) in [6, 6.07) is 10.5. The third kappa shape index (κ3) is 3.92. The number of nitrogens with zero attached hydrogens (tertiary/aromatic N) is 3. The second-order valence-electron chi connectivity index (χ2n) is 6.59. The summed E-state index contributed by atoms with van der Waals surface area (Å²) in [7, 11) is 1.53. The second-order valence-corrected chi connectivity index (χ2v) is 7.00. The maximum absolute atomic E-state index is 12.6. The monoisotopic (exact) mass is 397 g/mol. The number of halogens is 1. The molecule has 28 heavy (non-hydrogen) atoms. The normalized spacial score (nSPS) is 18.4. The molecule has 1 saturated heterocycles. The largest absolute Gasteiger partial charge is 0.367 e. The summed E-state index contributed by atoms with van der Waals surface area (Å²) >= 11 is 6.15. The van der Waals surface area contributed by atoms with E-state index < -0.39 is 0 Å². The van der Waals surface area contributed by atoms with Gasteiger partial charge in [0.05, 0.1) is 22.2 Å². The van der Waals surface area contributed by atoms with E-state index in [1.807, 2.05) is 13.0 Å². The first-order chi connectivity index (χ1) is 13.4. The minimum Gasteiger partial charge on any atom is -0.367 e. The van der Waals surface area contributed by atoms with E-state index >= 15 is 0 Å². The van der Waals surface area contributed by atoms with Crippen LogP contribution in [0.4, 0.5) is 5.69 Å². The Balaban J connectivity index is 1.67. The molecule has 8 heteroatoms. The van der Waals surface area contributed by atoms with Crippen molar-refractivity contribution in [1.29, 1.82) is 5.26 Å². The summed E-state index contributed by atoms with van der Waals surface area (Å²) < 4.78 is 0. The zero-order chi connectivity index (χ0) is 20.3. The summed E-state index contributed by atoms with van der Waals surface area (Å²) in [5.74, 6) is -0.527. The molecule has 144 valence electrons. The van der Waals surface area contributed by atoms with E-state index in [2.05, 4.69) is 26.6 Å². The summed E-state index contributed by atoms with van der Waals surface area (Å²) in [5, 5.41) is 15.0. The zero-order valence-corrected chi connectivity index (χ0v) is 16.3. The highest BCUT2D eigenvalue weighted by atomic mass is 35.5. The van der Waals surface area contributed by atoms with Gasteiger partial charge in [-0.2, -0.15) is 5.26 Å². The molecule has 0 radical (unpaired) electrons. The van der Waals surface area contributed by atoms with Crippen LogP contribution in [0.2, 0.25) is 5.02 Å². The summed E-state index contributed by atoms with van der Waals surface area (Å²) in [4.78, 5) is 30.3. The van der Waals surface area contributed by atoms with Crippen molar-refractivity contribution in [2.75, 3.05) is 18.5 Å². The minimum atomic E-state index is -0.298. The molecule has 1 aromatic heterocycles. The lowest BCUT2D eigenvalue weighted by molar-refractivity contribution is 0.0929. The molecule has 1 aromatic carbocycles. The summed E-state index contributed by atoms with van der Waals surface area (Å²) in [6.45, 7) is 2.80. The predicted molar refractivity (Wildman–Crippen MR) is 106 cm³/mol.